The van der Waals surface area contributed by atoms with Gasteiger partial charge in [0, 0.05) is 37.3 Å². The molecule has 0 bridgehead atoms. The van der Waals surface area contributed by atoms with Gasteiger partial charge in [0.2, 0.25) is 0 Å². The number of para-hydroxylation sites is 2. The Bertz CT molecular complexity index is 1240. The number of aryl methyl sites for hydroxylation is 1. The second-order valence-corrected chi connectivity index (χ2v) is 8.25. The number of anilines is 1. The number of rotatable bonds is 3. The summed E-state index contributed by atoms with van der Waals surface area (Å²) in [6.45, 7) is 5.00. The molecule has 5 heteroatoms. The van der Waals surface area contributed by atoms with Crippen molar-refractivity contribution in [3.63, 3.8) is 0 Å². The van der Waals surface area contributed by atoms with Crippen LogP contribution in [-0.2, 0) is 0 Å². The lowest BCUT2D eigenvalue weighted by Crippen LogP contribution is -2.35. The molecule has 2 heterocycles. The molecule has 5 nitrogen and oxygen atoms in total. The van der Waals surface area contributed by atoms with Crippen LogP contribution in [0.5, 0.6) is 0 Å². The summed E-state index contributed by atoms with van der Waals surface area (Å²) in [6, 6.07) is 26.0. The molecule has 3 aromatic carbocycles. The Balaban J connectivity index is 1.45. The summed E-state index contributed by atoms with van der Waals surface area (Å²) in [6.07, 6.45) is 0.889. The summed E-state index contributed by atoms with van der Waals surface area (Å²) < 4.78 is 0. The lowest BCUT2D eigenvalue weighted by atomic mass is 10.1. The van der Waals surface area contributed by atoms with Gasteiger partial charge in [0.05, 0.1) is 11.0 Å². The van der Waals surface area contributed by atoms with E-state index in [9.17, 15) is 4.79 Å². The Morgan fingerprint density at radius 1 is 0.750 bits per heavy atom. The molecule has 32 heavy (non-hydrogen) atoms. The lowest BCUT2D eigenvalue weighted by molar-refractivity contribution is 0.0767. The van der Waals surface area contributed by atoms with Crippen molar-refractivity contribution in [3.8, 4) is 11.3 Å². The summed E-state index contributed by atoms with van der Waals surface area (Å²) >= 11 is 0. The van der Waals surface area contributed by atoms with Crippen molar-refractivity contribution in [1.29, 1.82) is 0 Å². The van der Waals surface area contributed by atoms with Crippen LogP contribution in [0.3, 0.4) is 0 Å². The largest absolute Gasteiger partial charge is 0.353 e. The van der Waals surface area contributed by atoms with Crippen LogP contribution in [0.15, 0.2) is 78.9 Å². The molecule has 0 aliphatic carbocycles. The molecule has 4 aromatic rings. The van der Waals surface area contributed by atoms with Gasteiger partial charge in [0.25, 0.3) is 5.91 Å². The maximum Gasteiger partial charge on any atom is 0.253 e. The van der Waals surface area contributed by atoms with Crippen molar-refractivity contribution < 1.29 is 4.79 Å². The molecule has 0 atom stereocenters. The van der Waals surface area contributed by atoms with Crippen LogP contribution in [-0.4, -0.2) is 47.0 Å². The number of carbonyl (C=O) groups excluding carboxylic acids is 1. The van der Waals surface area contributed by atoms with E-state index in [0.717, 1.165) is 65.3 Å². The molecular weight excluding hydrogens is 396 g/mol. The number of amides is 1. The third-order valence-corrected chi connectivity index (χ3v) is 5.98. The minimum Gasteiger partial charge on any atom is -0.353 e. The number of hydrogen-bond acceptors (Lipinski definition) is 4. The first-order valence-electron chi connectivity index (χ1n) is 11.1. The van der Waals surface area contributed by atoms with Crippen LogP contribution in [0.25, 0.3) is 22.3 Å². The highest BCUT2D eigenvalue weighted by atomic mass is 16.2. The van der Waals surface area contributed by atoms with Crippen LogP contribution in [0, 0.1) is 6.92 Å². The third kappa shape index (κ3) is 4.06. The molecule has 1 aliphatic heterocycles. The molecule has 0 N–H and O–H groups in total. The van der Waals surface area contributed by atoms with E-state index in [2.05, 4.69) is 17.0 Å². The van der Waals surface area contributed by atoms with Crippen molar-refractivity contribution in [2.75, 3.05) is 31.1 Å². The number of carbonyl (C=O) groups is 1. The zero-order chi connectivity index (χ0) is 21.9. The number of hydrogen-bond donors (Lipinski definition) is 0. The van der Waals surface area contributed by atoms with Crippen LogP contribution in [0.2, 0.25) is 0 Å². The van der Waals surface area contributed by atoms with Gasteiger partial charge in [-0.25, -0.2) is 9.97 Å². The zero-order valence-corrected chi connectivity index (χ0v) is 18.2. The van der Waals surface area contributed by atoms with E-state index in [1.165, 1.54) is 0 Å². The van der Waals surface area contributed by atoms with Gasteiger partial charge >= 0.3 is 0 Å². The molecule has 1 amide bonds. The fraction of sp³-hybridized carbons (Fsp3) is 0.222. The number of fused-ring (bicyclic) bond motifs is 1. The average Bonchev–Trinajstić information content (AvgIpc) is 3.10. The molecule has 1 saturated heterocycles. The second-order valence-electron chi connectivity index (χ2n) is 8.25. The predicted octanol–water partition coefficient (Wildman–Crippen LogP) is 4.96. The van der Waals surface area contributed by atoms with Crippen LogP contribution < -0.4 is 4.90 Å². The van der Waals surface area contributed by atoms with Gasteiger partial charge in [-0.2, -0.15) is 0 Å². The van der Waals surface area contributed by atoms with Crippen molar-refractivity contribution >= 4 is 22.8 Å². The predicted molar refractivity (Wildman–Crippen MR) is 129 cm³/mol. The first kappa shape index (κ1) is 20.2. The fourth-order valence-corrected chi connectivity index (χ4v) is 4.21. The van der Waals surface area contributed by atoms with Crippen molar-refractivity contribution in [2.45, 2.75) is 13.3 Å². The molecule has 1 aromatic heterocycles. The van der Waals surface area contributed by atoms with Gasteiger partial charge in [0.15, 0.2) is 5.82 Å². The van der Waals surface area contributed by atoms with E-state index >= 15 is 0 Å². The number of benzene rings is 3. The van der Waals surface area contributed by atoms with E-state index in [1.807, 2.05) is 78.6 Å². The van der Waals surface area contributed by atoms with Crippen molar-refractivity contribution in [1.82, 2.24) is 14.9 Å². The molecule has 1 fully saturated rings. The Morgan fingerprint density at radius 3 is 2.19 bits per heavy atom. The molecule has 0 unspecified atom stereocenters. The quantitative estimate of drug-likeness (QED) is 0.468. The molecule has 0 saturated carbocycles. The summed E-state index contributed by atoms with van der Waals surface area (Å²) in [5, 5.41) is 0. The van der Waals surface area contributed by atoms with Crippen molar-refractivity contribution in [2.24, 2.45) is 0 Å². The Hall–Kier alpha value is -3.73. The molecule has 160 valence electrons. The maximum atomic E-state index is 13.0. The van der Waals surface area contributed by atoms with Crippen LogP contribution >= 0.6 is 0 Å². The average molecular weight is 423 g/mol. The number of nitrogens with zero attached hydrogens (tertiary/aromatic N) is 4. The fourth-order valence-electron chi connectivity index (χ4n) is 4.21. The van der Waals surface area contributed by atoms with Gasteiger partial charge in [-0.3, -0.25) is 4.79 Å². The van der Waals surface area contributed by atoms with Crippen LogP contribution in [0.1, 0.15) is 22.3 Å². The smallest absolute Gasteiger partial charge is 0.253 e. The molecule has 0 radical (unpaired) electrons. The van der Waals surface area contributed by atoms with E-state index < -0.39 is 0 Å². The Kier molecular flexibility index (Phi) is 5.55. The normalized spacial score (nSPS) is 14.4. The van der Waals surface area contributed by atoms with Gasteiger partial charge in [0.1, 0.15) is 5.69 Å². The maximum absolute atomic E-state index is 13.0. The Morgan fingerprint density at radius 2 is 1.44 bits per heavy atom. The highest BCUT2D eigenvalue weighted by Crippen LogP contribution is 2.30. The van der Waals surface area contributed by atoms with E-state index in [0.29, 0.717) is 6.54 Å². The van der Waals surface area contributed by atoms with Crippen LogP contribution in [0.4, 0.5) is 5.82 Å². The van der Waals surface area contributed by atoms with Gasteiger partial charge < -0.3 is 9.80 Å². The molecule has 1 aliphatic rings. The minimum atomic E-state index is 0.0970. The summed E-state index contributed by atoms with van der Waals surface area (Å²) in [5.74, 6) is 0.985. The van der Waals surface area contributed by atoms with E-state index in [4.69, 9.17) is 9.97 Å². The minimum absolute atomic E-state index is 0.0970. The number of aromatic nitrogens is 2. The van der Waals surface area contributed by atoms with Crippen molar-refractivity contribution in [3.05, 3.63) is 90.0 Å². The SMILES string of the molecule is Cc1ccc(C(=O)N2CCCN(c3nc4ccccc4nc3-c3ccccc3)CC2)cc1. The zero-order valence-electron chi connectivity index (χ0n) is 18.2. The van der Waals surface area contributed by atoms with Gasteiger partial charge in [-0.15, -0.1) is 0 Å². The van der Waals surface area contributed by atoms with E-state index in [1.54, 1.807) is 0 Å². The summed E-state index contributed by atoms with van der Waals surface area (Å²) in [5.41, 5.74) is 5.63. The standard InChI is InChI=1S/C27H26N4O/c1-20-12-14-22(15-13-20)27(32)31-17-7-16-30(18-19-31)26-25(21-8-3-2-4-9-21)28-23-10-5-6-11-24(23)29-26/h2-6,8-15H,7,16-19H2,1H3. The van der Waals surface area contributed by atoms with Gasteiger partial charge in [-0.05, 0) is 37.6 Å². The lowest BCUT2D eigenvalue weighted by Gasteiger charge is -2.25. The molecule has 0 spiro atoms. The second kappa shape index (κ2) is 8.79. The van der Waals surface area contributed by atoms with Gasteiger partial charge in [-0.1, -0.05) is 60.2 Å². The Labute approximate surface area is 188 Å². The molecule has 5 rings (SSSR count). The highest BCUT2D eigenvalue weighted by Gasteiger charge is 2.23. The first-order valence-corrected chi connectivity index (χ1v) is 11.1. The summed E-state index contributed by atoms with van der Waals surface area (Å²) in [7, 11) is 0. The highest BCUT2D eigenvalue weighted by molar-refractivity contribution is 5.94. The molecular formula is C27H26N4O. The summed E-state index contributed by atoms with van der Waals surface area (Å²) in [4.78, 5) is 27.3. The monoisotopic (exact) mass is 422 g/mol. The first-order chi connectivity index (χ1) is 15.7. The third-order valence-electron chi connectivity index (χ3n) is 5.98. The topological polar surface area (TPSA) is 49.3 Å². The van der Waals surface area contributed by atoms with E-state index in [-0.39, 0.29) is 5.91 Å².